The molecule has 0 spiro atoms. The Kier molecular flexibility index (Phi) is 10.1. The minimum absolute atomic E-state index is 0.0506. The Hall–Kier alpha value is -2.95. The van der Waals surface area contributed by atoms with Crippen molar-refractivity contribution in [3.8, 4) is 5.75 Å². The fraction of sp³-hybridized carbons (Fsp3) is 0.481. The van der Waals surface area contributed by atoms with Gasteiger partial charge in [0.2, 0.25) is 5.91 Å². The Bertz CT molecular complexity index is 1170. The fourth-order valence-electron chi connectivity index (χ4n) is 4.42. The van der Waals surface area contributed by atoms with Gasteiger partial charge in [0.05, 0.1) is 12.0 Å². The number of para-hydroxylation sites is 1. The van der Waals surface area contributed by atoms with E-state index in [1.54, 1.807) is 21.9 Å². The van der Waals surface area contributed by atoms with Crippen molar-refractivity contribution in [1.29, 1.82) is 0 Å². The highest BCUT2D eigenvalue weighted by molar-refractivity contribution is 7.92. The number of benzene rings is 2. The van der Waals surface area contributed by atoms with Crippen LogP contribution < -0.4 is 9.64 Å². The molecule has 2 aromatic carbocycles. The number of carbonyl (C=O) groups is 2. The molecule has 9 nitrogen and oxygen atoms in total. The van der Waals surface area contributed by atoms with E-state index < -0.39 is 21.5 Å². The summed E-state index contributed by atoms with van der Waals surface area (Å²) in [7, 11) is -0.868. The second-order valence-electron chi connectivity index (χ2n) is 9.34. The Labute approximate surface area is 219 Å². The van der Waals surface area contributed by atoms with Crippen LogP contribution in [-0.4, -0.2) is 88.8 Å². The zero-order valence-electron chi connectivity index (χ0n) is 22.1. The largest absolute Gasteiger partial charge is 0.497 e. The van der Waals surface area contributed by atoms with E-state index in [4.69, 9.17) is 9.47 Å². The van der Waals surface area contributed by atoms with Crippen LogP contribution in [0.4, 0.5) is 5.69 Å². The van der Waals surface area contributed by atoms with Crippen molar-refractivity contribution in [2.45, 2.75) is 37.8 Å². The number of fused-ring (bicyclic) bond motifs is 1. The van der Waals surface area contributed by atoms with Crippen LogP contribution in [0.2, 0.25) is 0 Å². The summed E-state index contributed by atoms with van der Waals surface area (Å²) in [6.45, 7) is 6.53. The highest BCUT2D eigenvalue weighted by atomic mass is 32.2. The summed E-state index contributed by atoms with van der Waals surface area (Å²) in [6.07, 6.45) is 0.752. The highest BCUT2D eigenvalue weighted by Gasteiger charge is 2.27. The molecule has 0 fully saturated rings. The maximum absolute atomic E-state index is 13.5. The Morgan fingerprint density at radius 1 is 0.919 bits per heavy atom. The lowest BCUT2D eigenvalue weighted by atomic mass is 10.1. The van der Waals surface area contributed by atoms with Crippen molar-refractivity contribution < 1.29 is 27.5 Å². The lowest BCUT2D eigenvalue weighted by Crippen LogP contribution is -2.43. The minimum Gasteiger partial charge on any atom is -0.497 e. The van der Waals surface area contributed by atoms with E-state index in [-0.39, 0.29) is 30.0 Å². The topological polar surface area (TPSA) is 96.5 Å². The molecule has 1 aliphatic rings. The predicted molar refractivity (Wildman–Crippen MR) is 142 cm³/mol. The van der Waals surface area contributed by atoms with Crippen LogP contribution in [0, 0.1) is 0 Å². The summed E-state index contributed by atoms with van der Waals surface area (Å²) >= 11 is 0. The average molecular weight is 532 g/mol. The molecular formula is C27H37N3O6S. The third-order valence-corrected chi connectivity index (χ3v) is 8.13. The van der Waals surface area contributed by atoms with Gasteiger partial charge in [-0.15, -0.1) is 0 Å². The first-order valence-corrected chi connectivity index (χ1v) is 14.1. The van der Waals surface area contributed by atoms with Gasteiger partial charge in [0.1, 0.15) is 18.1 Å². The van der Waals surface area contributed by atoms with Crippen molar-refractivity contribution in [2.24, 2.45) is 0 Å². The first-order chi connectivity index (χ1) is 17.7. The molecule has 0 radical (unpaired) electrons. The molecular weight excluding hydrogens is 494 g/mol. The molecule has 2 aromatic rings. The van der Waals surface area contributed by atoms with Crippen molar-refractivity contribution in [3.05, 3.63) is 54.1 Å². The number of amides is 2. The molecule has 0 aliphatic carbocycles. The zero-order valence-corrected chi connectivity index (χ0v) is 22.9. The molecule has 1 heterocycles. The lowest BCUT2D eigenvalue weighted by Gasteiger charge is -2.30. The maximum Gasteiger partial charge on any atom is 0.252 e. The molecule has 0 saturated heterocycles. The molecule has 37 heavy (non-hydrogen) atoms. The molecule has 3 rings (SSSR count). The minimum atomic E-state index is -3.86. The summed E-state index contributed by atoms with van der Waals surface area (Å²) < 4.78 is 36.4. The molecule has 0 N–H and O–H groups in total. The van der Waals surface area contributed by atoms with Crippen LogP contribution >= 0.6 is 0 Å². The van der Waals surface area contributed by atoms with E-state index in [0.29, 0.717) is 31.1 Å². The van der Waals surface area contributed by atoms with Gasteiger partial charge < -0.3 is 19.3 Å². The van der Waals surface area contributed by atoms with E-state index in [2.05, 4.69) is 18.7 Å². The molecule has 0 aromatic heterocycles. The number of sulfone groups is 1. The van der Waals surface area contributed by atoms with Gasteiger partial charge in [-0.2, -0.15) is 0 Å². The zero-order chi connectivity index (χ0) is 27.0. The predicted octanol–water partition coefficient (Wildman–Crippen LogP) is 2.59. The van der Waals surface area contributed by atoms with Crippen LogP contribution in [-0.2, 0) is 30.7 Å². The van der Waals surface area contributed by atoms with Gasteiger partial charge in [-0.25, -0.2) is 8.42 Å². The number of methoxy groups -OCH3 is 2. The van der Waals surface area contributed by atoms with Crippen molar-refractivity contribution in [3.63, 3.8) is 0 Å². The Balaban J connectivity index is 1.93. The molecule has 2 amide bonds. The fourth-order valence-corrected chi connectivity index (χ4v) is 5.64. The Morgan fingerprint density at radius 3 is 2.27 bits per heavy atom. The van der Waals surface area contributed by atoms with Crippen LogP contribution in [0.5, 0.6) is 5.75 Å². The van der Waals surface area contributed by atoms with Crippen LogP contribution in [0.1, 0.15) is 25.8 Å². The van der Waals surface area contributed by atoms with Gasteiger partial charge in [-0.05, 0) is 56.2 Å². The van der Waals surface area contributed by atoms with E-state index in [1.165, 1.54) is 26.4 Å². The summed E-state index contributed by atoms with van der Waals surface area (Å²) in [4.78, 5) is 32.0. The number of hydrogen-bond acceptors (Lipinski definition) is 7. The summed E-state index contributed by atoms with van der Waals surface area (Å²) in [5.74, 6) is -0.751. The standard InChI is InChI=1S/C27H37N3O6S/c1-21(2)28-14-7-15-30(26(31)19-35-3)25-9-6-5-8-22(25)18-29(17-16-28)27(32)20-37(33,34)24-12-10-23(36-4)11-13-24/h5-6,8-13,21H,7,14-20H2,1-4H3. The van der Waals surface area contributed by atoms with Gasteiger partial charge >= 0.3 is 0 Å². The van der Waals surface area contributed by atoms with E-state index in [9.17, 15) is 18.0 Å². The normalized spacial score (nSPS) is 15.7. The summed E-state index contributed by atoms with van der Waals surface area (Å²) in [5.41, 5.74) is 1.48. The molecule has 1 aliphatic heterocycles. The first-order valence-electron chi connectivity index (χ1n) is 12.4. The summed E-state index contributed by atoms with van der Waals surface area (Å²) in [5, 5.41) is 0. The number of hydrogen-bond donors (Lipinski definition) is 0. The third-order valence-electron chi connectivity index (χ3n) is 6.51. The molecule has 0 saturated carbocycles. The van der Waals surface area contributed by atoms with Crippen LogP contribution in [0.15, 0.2) is 53.4 Å². The van der Waals surface area contributed by atoms with Gasteiger partial charge in [0, 0.05) is 51.6 Å². The van der Waals surface area contributed by atoms with Crippen molar-refractivity contribution >= 4 is 27.3 Å². The number of anilines is 1. The highest BCUT2D eigenvalue weighted by Crippen LogP contribution is 2.25. The average Bonchev–Trinajstić information content (AvgIpc) is 2.91. The molecule has 202 valence electrons. The first kappa shape index (κ1) is 28.6. The molecule has 0 unspecified atom stereocenters. The van der Waals surface area contributed by atoms with Crippen LogP contribution in [0.25, 0.3) is 0 Å². The number of nitrogens with zero attached hydrogens (tertiary/aromatic N) is 3. The smallest absolute Gasteiger partial charge is 0.252 e. The maximum atomic E-state index is 13.5. The van der Waals surface area contributed by atoms with Gasteiger partial charge in [0.15, 0.2) is 9.84 Å². The molecule has 10 heteroatoms. The van der Waals surface area contributed by atoms with Gasteiger partial charge in [-0.1, -0.05) is 18.2 Å². The van der Waals surface area contributed by atoms with Gasteiger partial charge in [0.25, 0.3) is 5.91 Å². The van der Waals surface area contributed by atoms with E-state index in [1.807, 2.05) is 24.3 Å². The van der Waals surface area contributed by atoms with Crippen LogP contribution in [0.3, 0.4) is 0 Å². The van der Waals surface area contributed by atoms with E-state index >= 15 is 0 Å². The third kappa shape index (κ3) is 7.53. The number of ether oxygens (including phenoxy) is 2. The van der Waals surface area contributed by atoms with Crippen molar-refractivity contribution in [2.75, 3.05) is 57.7 Å². The molecule has 0 atom stereocenters. The second-order valence-corrected chi connectivity index (χ2v) is 11.3. The quantitative estimate of drug-likeness (QED) is 0.542. The van der Waals surface area contributed by atoms with Gasteiger partial charge in [-0.3, -0.25) is 14.5 Å². The number of rotatable bonds is 7. The SMILES string of the molecule is COCC(=O)N1CCCN(C(C)C)CCN(C(=O)CS(=O)(=O)c2ccc(OC)cc2)Cc2ccccc21. The van der Waals surface area contributed by atoms with E-state index in [0.717, 1.165) is 18.5 Å². The lowest BCUT2D eigenvalue weighted by molar-refractivity contribution is -0.129. The molecule has 0 bridgehead atoms. The monoisotopic (exact) mass is 531 g/mol. The summed E-state index contributed by atoms with van der Waals surface area (Å²) in [6, 6.07) is 13.7. The van der Waals surface area contributed by atoms with Crippen molar-refractivity contribution in [1.82, 2.24) is 9.80 Å². The second kappa shape index (κ2) is 13.0. The Morgan fingerprint density at radius 2 is 1.62 bits per heavy atom. The number of carbonyl (C=O) groups excluding carboxylic acids is 2.